The Morgan fingerprint density at radius 2 is 0.590 bits per heavy atom. The molecule has 0 amide bonds. The van der Waals surface area contributed by atoms with Crippen LogP contribution in [-0.2, 0) is 0 Å². The summed E-state index contributed by atoms with van der Waals surface area (Å²) in [5.41, 5.74) is 29.2. The van der Waals surface area contributed by atoms with Gasteiger partial charge in [-0.1, -0.05) is 145 Å². The predicted molar refractivity (Wildman–Crippen MR) is 332 cm³/mol. The molecule has 3 aromatic heterocycles. The van der Waals surface area contributed by atoms with Crippen LogP contribution in [0.5, 0.6) is 0 Å². The normalized spacial score (nSPS) is 12.9. The third-order valence-electron chi connectivity index (χ3n) is 17.3. The Kier molecular flexibility index (Phi) is 9.46. The summed E-state index contributed by atoms with van der Waals surface area (Å²) in [4.78, 5) is 5.21. The highest BCUT2D eigenvalue weighted by molar-refractivity contribution is 7.00. The Bertz CT molecular complexity index is 4460. The van der Waals surface area contributed by atoms with Crippen LogP contribution in [0, 0.1) is 41.5 Å². The molecule has 2 aliphatic heterocycles. The fourth-order valence-corrected chi connectivity index (χ4v) is 14.5. The maximum atomic E-state index is 2.61. The number of fused-ring (bicyclic) bond motifs is 13. The lowest BCUT2D eigenvalue weighted by molar-refractivity contribution is 1.14. The van der Waals surface area contributed by atoms with Crippen molar-refractivity contribution >= 4 is 123 Å². The Labute approximate surface area is 454 Å². The highest BCUT2D eigenvalue weighted by Gasteiger charge is 2.44. The van der Waals surface area contributed by atoms with Gasteiger partial charge < -0.3 is 23.5 Å². The van der Waals surface area contributed by atoms with E-state index >= 15 is 0 Å². The number of rotatable bonds is 5. The number of aromatic nitrogens is 3. The summed E-state index contributed by atoms with van der Waals surface area (Å²) in [6, 6.07) is 82.5. The van der Waals surface area contributed by atoms with Crippen LogP contribution >= 0.6 is 0 Å². The number of benzene rings is 11. The molecule has 0 aliphatic carbocycles. The number of aryl methyl sites for hydroxylation is 6. The van der Waals surface area contributed by atoms with E-state index in [4.69, 9.17) is 0 Å². The molecular formula is C72H54BN5. The van der Waals surface area contributed by atoms with E-state index in [1.807, 2.05) is 0 Å². The monoisotopic (exact) mass is 999 g/mol. The van der Waals surface area contributed by atoms with Gasteiger partial charge >= 0.3 is 0 Å². The lowest BCUT2D eigenvalue weighted by atomic mass is 9.33. The van der Waals surface area contributed by atoms with Gasteiger partial charge in [0.05, 0.1) is 50.2 Å². The fourth-order valence-electron chi connectivity index (χ4n) is 14.5. The van der Waals surface area contributed by atoms with Crippen LogP contribution in [0.25, 0.3) is 82.5 Å². The van der Waals surface area contributed by atoms with Gasteiger partial charge in [-0.05, 0) is 165 Å². The van der Waals surface area contributed by atoms with Gasteiger partial charge in [-0.15, -0.1) is 0 Å². The number of anilines is 6. The molecular weight excluding hydrogens is 946 g/mol. The van der Waals surface area contributed by atoms with Crippen molar-refractivity contribution in [3.63, 3.8) is 0 Å². The van der Waals surface area contributed by atoms with Gasteiger partial charge in [0.25, 0.3) is 6.71 Å². The SMILES string of the molecule is Cc1cc(C)c(N2c3ccccc3B3c4ccccc4N(c4c(C)cc(C)cc4C)c4cc(-n5c6ccc(-n7c8ccccc8c8ccccc87)cc6c6cc(-n7c8ccccc8c8ccccc87)ccc65)cc2c43)c(C)c1. The Balaban J connectivity index is 1.04. The van der Waals surface area contributed by atoms with Gasteiger partial charge in [-0.25, -0.2) is 0 Å². The Morgan fingerprint density at radius 1 is 0.269 bits per heavy atom. The first-order chi connectivity index (χ1) is 38.2. The van der Waals surface area contributed by atoms with Crippen LogP contribution in [0.15, 0.2) is 218 Å². The molecule has 370 valence electrons. The third-order valence-corrected chi connectivity index (χ3v) is 17.3. The predicted octanol–water partition coefficient (Wildman–Crippen LogP) is 16.9. The summed E-state index contributed by atoms with van der Waals surface area (Å²) in [5, 5.41) is 7.39. The summed E-state index contributed by atoms with van der Waals surface area (Å²) in [5.74, 6) is 0. The first kappa shape index (κ1) is 44.7. The van der Waals surface area contributed by atoms with Crippen molar-refractivity contribution in [2.45, 2.75) is 41.5 Å². The van der Waals surface area contributed by atoms with Crippen molar-refractivity contribution in [2.75, 3.05) is 9.80 Å². The van der Waals surface area contributed by atoms with Crippen molar-refractivity contribution in [1.29, 1.82) is 0 Å². The van der Waals surface area contributed by atoms with Gasteiger partial charge in [0, 0.05) is 66.4 Å². The number of nitrogens with zero attached hydrogens (tertiary/aromatic N) is 5. The van der Waals surface area contributed by atoms with Crippen LogP contribution in [0.4, 0.5) is 34.1 Å². The molecule has 0 bridgehead atoms. The minimum atomic E-state index is 0.00164. The van der Waals surface area contributed by atoms with E-state index in [9.17, 15) is 0 Å². The number of para-hydroxylation sites is 6. The van der Waals surface area contributed by atoms with E-state index in [1.54, 1.807) is 0 Å². The van der Waals surface area contributed by atoms with Crippen molar-refractivity contribution in [1.82, 2.24) is 13.7 Å². The van der Waals surface area contributed by atoms with Gasteiger partial charge in [0.15, 0.2) is 0 Å². The second-order valence-electron chi connectivity index (χ2n) is 22.1. The molecule has 2 aliphatic rings. The van der Waals surface area contributed by atoms with Crippen LogP contribution in [0.1, 0.15) is 33.4 Å². The molecule has 5 nitrogen and oxygen atoms in total. The lowest BCUT2D eigenvalue weighted by Crippen LogP contribution is -2.61. The van der Waals surface area contributed by atoms with E-state index in [0.29, 0.717) is 0 Å². The van der Waals surface area contributed by atoms with Gasteiger partial charge in [0.2, 0.25) is 0 Å². The van der Waals surface area contributed by atoms with E-state index in [0.717, 1.165) is 28.1 Å². The third kappa shape index (κ3) is 6.20. The topological polar surface area (TPSA) is 21.3 Å². The zero-order valence-electron chi connectivity index (χ0n) is 44.6. The number of hydrogen-bond donors (Lipinski definition) is 0. The maximum absolute atomic E-state index is 2.61. The smallest absolute Gasteiger partial charge is 0.252 e. The fraction of sp³-hybridized carbons (Fsp3) is 0.0833. The molecule has 0 radical (unpaired) electrons. The van der Waals surface area contributed by atoms with Crippen LogP contribution in [0.3, 0.4) is 0 Å². The summed E-state index contributed by atoms with van der Waals surface area (Å²) < 4.78 is 7.47. The van der Waals surface area contributed by atoms with Crippen molar-refractivity contribution in [3.8, 4) is 17.1 Å². The molecule has 0 N–H and O–H groups in total. The molecule has 0 saturated carbocycles. The molecule has 0 saturated heterocycles. The minimum Gasteiger partial charge on any atom is -0.311 e. The van der Waals surface area contributed by atoms with E-state index in [1.165, 1.54) is 138 Å². The highest BCUT2D eigenvalue weighted by Crippen LogP contribution is 2.49. The molecule has 11 aromatic carbocycles. The van der Waals surface area contributed by atoms with Crippen molar-refractivity contribution in [3.05, 3.63) is 252 Å². The number of hydrogen-bond acceptors (Lipinski definition) is 2. The first-order valence-electron chi connectivity index (χ1n) is 27.4. The summed E-state index contributed by atoms with van der Waals surface area (Å²) in [7, 11) is 0. The van der Waals surface area contributed by atoms with Crippen LogP contribution < -0.4 is 26.2 Å². The largest absolute Gasteiger partial charge is 0.311 e. The quantitative estimate of drug-likeness (QED) is 0.160. The molecule has 6 heteroatoms. The highest BCUT2D eigenvalue weighted by atomic mass is 15.2. The van der Waals surface area contributed by atoms with Gasteiger partial charge in [0.1, 0.15) is 0 Å². The molecule has 14 aromatic rings. The summed E-state index contributed by atoms with van der Waals surface area (Å²) >= 11 is 0. The van der Waals surface area contributed by atoms with E-state index < -0.39 is 0 Å². The van der Waals surface area contributed by atoms with Crippen molar-refractivity contribution in [2.24, 2.45) is 0 Å². The van der Waals surface area contributed by atoms with Gasteiger partial charge in [-0.3, -0.25) is 0 Å². The Hall–Kier alpha value is -9.52. The van der Waals surface area contributed by atoms with Crippen LogP contribution in [-0.4, -0.2) is 20.4 Å². The lowest BCUT2D eigenvalue weighted by Gasteiger charge is -2.45. The zero-order valence-corrected chi connectivity index (χ0v) is 44.6. The molecule has 0 fully saturated rings. The molecule has 16 rings (SSSR count). The molecule has 0 unspecified atom stereocenters. The first-order valence-corrected chi connectivity index (χ1v) is 27.4. The maximum Gasteiger partial charge on any atom is 0.252 e. The molecule has 0 atom stereocenters. The summed E-state index contributed by atoms with van der Waals surface area (Å²) in [6.45, 7) is 13.6. The molecule has 0 spiro atoms. The second kappa shape index (κ2) is 16.5. The minimum absolute atomic E-state index is 0.00164. The Morgan fingerprint density at radius 3 is 0.974 bits per heavy atom. The standard InChI is InChI=1S/C72H54BN5/c1-43-35-45(3)71(46(4)36-43)77-66-29-17-11-23-58(66)73-59-24-12-18-30-67(59)78(72-47(5)37-44(2)38-48(72)6)69-42-51(41-68(77)70(69)73)76-64-33-31-49(74-60-25-13-7-19-52(60)53-20-8-14-26-61(53)74)39-56(64)57-40-50(32-34-65(57)76)75-62-27-15-9-21-54(62)55-22-10-16-28-63(55)75/h7-42H,1-6H3. The van der Waals surface area contributed by atoms with Crippen LogP contribution in [0.2, 0.25) is 0 Å². The van der Waals surface area contributed by atoms with E-state index in [-0.39, 0.29) is 6.71 Å². The summed E-state index contributed by atoms with van der Waals surface area (Å²) in [6.07, 6.45) is 0. The zero-order chi connectivity index (χ0) is 52.2. The molecule has 5 heterocycles. The average Bonchev–Trinajstić information content (AvgIpc) is 3.94. The van der Waals surface area contributed by atoms with E-state index in [2.05, 4.69) is 283 Å². The van der Waals surface area contributed by atoms with Crippen molar-refractivity contribution < 1.29 is 0 Å². The second-order valence-corrected chi connectivity index (χ2v) is 22.1. The molecule has 78 heavy (non-hydrogen) atoms. The average molecular weight is 1000 g/mol. The van der Waals surface area contributed by atoms with Gasteiger partial charge in [-0.2, -0.15) is 0 Å².